The van der Waals surface area contributed by atoms with Crippen LogP contribution in [0.15, 0.2) is 16.7 Å². The van der Waals surface area contributed by atoms with Crippen molar-refractivity contribution in [3.05, 3.63) is 46.9 Å². The molecular weight excluding hydrogens is 429 g/mol. The first-order valence-electron chi connectivity index (χ1n) is 10.4. The van der Waals surface area contributed by atoms with Crippen molar-refractivity contribution < 1.29 is 32.4 Å². The molecule has 0 spiro atoms. The fourth-order valence-electron chi connectivity index (χ4n) is 3.80. The smallest absolute Gasteiger partial charge is 0.290 e. The molecule has 3 N–H and O–H groups in total. The Morgan fingerprint density at radius 3 is 2.62 bits per heavy atom. The van der Waals surface area contributed by atoms with E-state index in [2.05, 4.69) is 10.1 Å². The molecule has 1 aromatic carbocycles. The Bertz CT molecular complexity index is 951. The normalized spacial score (nSPS) is 18.8. The Morgan fingerprint density at radius 1 is 1.25 bits per heavy atom. The summed E-state index contributed by atoms with van der Waals surface area (Å²) >= 11 is 0. The van der Waals surface area contributed by atoms with Crippen LogP contribution in [0.5, 0.6) is 0 Å². The molecule has 1 amide bonds. The van der Waals surface area contributed by atoms with Crippen LogP contribution in [-0.4, -0.2) is 45.1 Å². The van der Waals surface area contributed by atoms with Gasteiger partial charge in [-0.2, -0.15) is 4.98 Å². The van der Waals surface area contributed by atoms with Gasteiger partial charge in [0.25, 0.3) is 6.47 Å². The topological polar surface area (TPSA) is 123 Å². The number of hydrogen-bond acceptors (Lipinski definition) is 6. The number of amides is 1. The zero-order valence-electron chi connectivity index (χ0n) is 17.3. The van der Waals surface area contributed by atoms with Crippen molar-refractivity contribution in [2.24, 2.45) is 11.7 Å². The first-order chi connectivity index (χ1) is 15.3. The molecule has 2 atom stereocenters. The number of benzene rings is 1. The average Bonchev–Trinajstić information content (AvgIpc) is 3.21. The Hall–Kier alpha value is -2.95. The lowest BCUT2D eigenvalue weighted by Crippen LogP contribution is -2.36. The summed E-state index contributed by atoms with van der Waals surface area (Å²) in [5, 5.41) is 10.9. The van der Waals surface area contributed by atoms with Crippen LogP contribution in [0.4, 0.5) is 13.2 Å². The van der Waals surface area contributed by atoms with Crippen molar-refractivity contribution >= 4 is 12.4 Å². The van der Waals surface area contributed by atoms with Crippen LogP contribution in [0.1, 0.15) is 55.4 Å². The number of nitrogens with two attached hydrogens (primary N) is 1. The Kier molecular flexibility index (Phi) is 7.84. The highest BCUT2D eigenvalue weighted by atomic mass is 19.2. The van der Waals surface area contributed by atoms with Gasteiger partial charge >= 0.3 is 0 Å². The Labute approximate surface area is 182 Å². The molecule has 2 aliphatic rings. The second-order valence-corrected chi connectivity index (χ2v) is 8.07. The predicted octanol–water partition coefficient (Wildman–Crippen LogP) is 2.76. The number of rotatable bonds is 7. The van der Waals surface area contributed by atoms with Gasteiger partial charge in [0, 0.05) is 31.5 Å². The molecule has 11 heteroatoms. The maximum absolute atomic E-state index is 13.8. The predicted molar refractivity (Wildman–Crippen MR) is 106 cm³/mol. The van der Waals surface area contributed by atoms with Gasteiger partial charge in [-0.3, -0.25) is 9.59 Å². The van der Waals surface area contributed by atoms with Gasteiger partial charge in [0.1, 0.15) is 11.9 Å². The molecule has 1 aromatic heterocycles. The molecule has 32 heavy (non-hydrogen) atoms. The third-order valence-electron chi connectivity index (χ3n) is 5.52. The van der Waals surface area contributed by atoms with Crippen molar-refractivity contribution in [1.82, 2.24) is 15.0 Å². The minimum Gasteiger partial charge on any atom is -0.483 e. The van der Waals surface area contributed by atoms with E-state index in [0.717, 1.165) is 25.3 Å². The summed E-state index contributed by atoms with van der Waals surface area (Å²) in [6, 6.07) is 0.268. The quantitative estimate of drug-likeness (QED) is 0.487. The number of likely N-dealkylation sites (tertiary alicyclic amines) is 1. The van der Waals surface area contributed by atoms with Crippen LogP contribution in [0.2, 0.25) is 0 Å². The highest BCUT2D eigenvalue weighted by molar-refractivity contribution is 5.77. The van der Waals surface area contributed by atoms with E-state index in [9.17, 15) is 18.0 Å². The summed E-state index contributed by atoms with van der Waals surface area (Å²) in [5.41, 5.74) is 5.95. The van der Waals surface area contributed by atoms with Crippen molar-refractivity contribution in [1.29, 1.82) is 0 Å². The van der Waals surface area contributed by atoms with Crippen LogP contribution in [0.3, 0.4) is 0 Å². The van der Waals surface area contributed by atoms with Crippen molar-refractivity contribution in [2.45, 2.75) is 57.0 Å². The molecule has 0 unspecified atom stereocenters. The van der Waals surface area contributed by atoms with E-state index in [4.69, 9.17) is 20.2 Å². The SMILES string of the molecule is N[C@@H](CC(=O)N1CCC[C@H]1c1nc(CC2CC2)no1)Cc1cc(F)c(F)cc1F.O=CO. The molecule has 2 fully saturated rings. The van der Waals surface area contributed by atoms with Crippen LogP contribution in [0.25, 0.3) is 0 Å². The monoisotopic (exact) mass is 454 g/mol. The zero-order chi connectivity index (χ0) is 23.3. The van der Waals surface area contributed by atoms with Crippen molar-refractivity contribution in [3.63, 3.8) is 0 Å². The first kappa shape index (κ1) is 23.7. The fourth-order valence-corrected chi connectivity index (χ4v) is 3.80. The van der Waals surface area contributed by atoms with Gasteiger partial charge < -0.3 is 20.3 Å². The molecule has 1 saturated carbocycles. The Morgan fingerprint density at radius 2 is 1.94 bits per heavy atom. The summed E-state index contributed by atoms with van der Waals surface area (Å²) in [6.45, 7) is 0.302. The van der Waals surface area contributed by atoms with E-state index in [1.165, 1.54) is 12.8 Å². The minimum absolute atomic E-state index is 0.0436. The van der Waals surface area contributed by atoms with Gasteiger partial charge in [0.05, 0.1) is 0 Å². The number of carboxylic acid groups (broad SMARTS) is 1. The lowest BCUT2D eigenvalue weighted by molar-refractivity contribution is -0.133. The molecule has 2 aromatic rings. The van der Waals surface area contributed by atoms with E-state index in [-0.39, 0.29) is 36.8 Å². The molecule has 1 saturated heterocycles. The van der Waals surface area contributed by atoms with E-state index in [1.54, 1.807) is 4.90 Å². The van der Waals surface area contributed by atoms with Crippen LogP contribution in [-0.2, 0) is 22.4 Å². The zero-order valence-corrected chi connectivity index (χ0v) is 17.3. The molecule has 1 aliphatic carbocycles. The third-order valence-corrected chi connectivity index (χ3v) is 5.52. The lowest BCUT2D eigenvalue weighted by atomic mass is 10.0. The van der Waals surface area contributed by atoms with Gasteiger partial charge in [0.15, 0.2) is 17.5 Å². The average molecular weight is 454 g/mol. The summed E-state index contributed by atoms with van der Waals surface area (Å²) in [6.07, 6.45) is 4.60. The van der Waals surface area contributed by atoms with Gasteiger partial charge in [-0.1, -0.05) is 5.16 Å². The molecular formula is C21H25F3N4O4. The maximum atomic E-state index is 13.8. The van der Waals surface area contributed by atoms with E-state index < -0.39 is 23.5 Å². The van der Waals surface area contributed by atoms with Gasteiger partial charge in [-0.25, -0.2) is 13.2 Å². The fraction of sp³-hybridized carbons (Fsp3) is 0.524. The molecule has 174 valence electrons. The van der Waals surface area contributed by atoms with E-state index in [1.807, 2.05) is 0 Å². The minimum atomic E-state index is -1.25. The molecule has 0 radical (unpaired) electrons. The highest BCUT2D eigenvalue weighted by Gasteiger charge is 2.35. The summed E-state index contributed by atoms with van der Waals surface area (Å²) in [4.78, 5) is 27.2. The largest absolute Gasteiger partial charge is 0.483 e. The van der Waals surface area contributed by atoms with E-state index in [0.29, 0.717) is 30.2 Å². The van der Waals surface area contributed by atoms with Gasteiger partial charge in [-0.05, 0) is 49.7 Å². The molecule has 0 bridgehead atoms. The maximum Gasteiger partial charge on any atom is 0.290 e. The number of aromatic nitrogens is 2. The number of hydrogen-bond donors (Lipinski definition) is 2. The highest BCUT2D eigenvalue weighted by Crippen LogP contribution is 2.34. The van der Waals surface area contributed by atoms with Crippen molar-refractivity contribution in [3.8, 4) is 0 Å². The molecule has 1 aliphatic heterocycles. The van der Waals surface area contributed by atoms with Crippen LogP contribution in [0, 0.1) is 23.4 Å². The molecule has 8 nitrogen and oxygen atoms in total. The first-order valence-corrected chi connectivity index (χ1v) is 10.4. The second-order valence-electron chi connectivity index (χ2n) is 8.07. The van der Waals surface area contributed by atoms with Crippen LogP contribution >= 0.6 is 0 Å². The number of halogens is 3. The van der Waals surface area contributed by atoms with Gasteiger partial charge in [-0.15, -0.1) is 0 Å². The van der Waals surface area contributed by atoms with Gasteiger partial charge in [0.2, 0.25) is 11.8 Å². The second kappa shape index (κ2) is 10.6. The number of nitrogens with zero attached hydrogens (tertiary/aromatic N) is 3. The Balaban J connectivity index is 0.000000913. The number of carbonyl (C=O) groups excluding carboxylic acids is 1. The lowest BCUT2D eigenvalue weighted by Gasteiger charge is -2.23. The third kappa shape index (κ3) is 6.06. The summed E-state index contributed by atoms with van der Waals surface area (Å²) in [7, 11) is 0. The summed E-state index contributed by atoms with van der Waals surface area (Å²) < 4.78 is 45.6. The number of carbonyl (C=O) groups is 2. The molecule has 2 heterocycles. The molecule has 4 rings (SSSR count). The van der Waals surface area contributed by atoms with Crippen LogP contribution < -0.4 is 5.73 Å². The standard InChI is InChI=1S/C20H23F3N4O2.CH2O2/c21-14-10-16(23)15(22)8-12(14)7-13(24)9-19(28)27-5-1-2-17(27)20-25-18(26-29-20)6-11-3-4-11;2-1-3/h8,10-11,13,17H,1-7,9,24H2;1H,(H,2,3)/t13-,17+;/m1./s1. The van der Waals surface area contributed by atoms with Crippen molar-refractivity contribution in [2.75, 3.05) is 6.54 Å². The van der Waals surface area contributed by atoms with E-state index >= 15 is 0 Å². The summed E-state index contributed by atoms with van der Waals surface area (Å²) in [5.74, 6) is -1.73.